The van der Waals surface area contributed by atoms with E-state index in [0.29, 0.717) is 60.9 Å². The Kier molecular flexibility index (Phi) is 8.44. The van der Waals surface area contributed by atoms with Crippen molar-refractivity contribution in [1.29, 1.82) is 0 Å². The van der Waals surface area contributed by atoms with E-state index in [1.807, 2.05) is 19.1 Å². The first kappa shape index (κ1) is 30.0. The number of aromatic nitrogens is 3. The van der Waals surface area contributed by atoms with Gasteiger partial charge in [0.2, 0.25) is 11.7 Å². The zero-order chi connectivity index (χ0) is 31.5. The number of anilines is 1. The minimum absolute atomic E-state index is 0.0561. The van der Waals surface area contributed by atoms with Crippen molar-refractivity contribution in [2.24, 2.45) is 0 Å². The van der Waals surface area contributed by atoms with Crippen molar-refractivity contribution in [2.45, 2.75) is 13.8 Å². The van der Waals surface area contributed by atoms with Crippen molar-refractivity contribution in [1.82, 2.24) is 14.8 Å². The summed E-state index contributed by atoms with van der Waals surface area (Å²) in [5.74, 6) is 0.989. The molecular weight excluding hydrogens is 590 g/mol. The van der Waals surface area contributed by atoms with Crippen LogP contribution in [0.1, 0.15) is 17.3 Å². The normalized spacial score (nSPS) is 10.8. The van der Waals surface area contributed by atoms with Crippen LogP contribution in [0.4, 0.5) is 10.8 Å². The summed E-state index contributed by atoms with van der Waals surface area (Å²) < 4.78 is 24.1. The number of non-ortho nitro benzene ring substituents is 1. The van der Waals surface area contributed by atoms with E-state index in [-0.39, 0.29) is 18.2 Å². The van der Waals surface area contributed by atoms with Gasteiger partial charge in [-0.3, -0.25) is 25.0 Å². The largest absolute Gasteiger partial charge is 0.493 e. The van der Waals surface area contributed by atoms with Crippen molar-refractivity contribution in [3.8, 4) is 45.5 Å². The van der Waals surface area contributed by atoms with E-state index in [0.717, 1.165) is 16.9 Å². The molecule has 0 saturated carbocycles. The van der Waals surface area contributed by atoms with Gasteiger partial charge in [-0.2, -0.15) is 9.78 Å². The van der Waals surface area contributed by atoms with Crippen LogP contribution in [0.15, 0.2) is 54.6 Å². The van der Waals surface area contributed by atoms with Crippen molar-refractivity contribution in [2.75, 3.05) is 33.3 Å². The first-order valence-corrected chi connectivity index (χ1v) is 13.9. The van der Waals surface area contributed by atoms with Crippen molar-refractivity contribution < 1.29 is 33.5 Å². The quantitative estimate of drug-likeness (QED) is 0.151. The van der Waals surface area contributed by atoms with E-state index in [1.165, 1.54) is 51.1 Å². The number of nitrogens with one attached hydrogen (secondary N) is 1. The Morgan fingerprint density at radius 1 is 0.955 bits per heavy atom. The molecule has 0 aliphatic carbocycles. The highest BCUT2D eigenvalue weighted by Gasteiger charge is 2.20. The maximum Gasteiger partial charge on any atom is 0.270 e. The third-order valence-electron chi connectivity index (χ3n) is 6.64. The van der Waals surface area contributed by atoms with Gasteiger partial charge < -0.3 is 18.9 Å². The number of fused-ring (bicyclic) bond motifs is 1. The van der Waals surface area contributed by atoms with Crippen molar-refractivity contribution in [3.05, 3.63) is 70.3 Å². The Labute approximate surface area is 255 Å². The second-order valence-electron chi connectivity index (χ2n) is 9.50. The molecule has 3 aromatic carbocycles. The maximum absolute atomic E-state index is 12.7. The molecule has 0 aliphatic heterocycles. The molecule has 0 spiro atoms. The highest BCUT2D eigenvalue weighted by molar-refractivity contribution is 7.22. The van der Waals surface area contributed by atoms with Crippen LogP contribution in [0.3, 0.4) is 0 Å². The number of aryl methyl sites for hydroxylation is 1. The summed E-state index contributed by atoms with van der Waals surface area (Å²) in [6, 6.07) is 14.9. The van der Waals surface area contributed by atoms with E-state index in [2.05, 4.69) is 15.4 Å². The molecule has 0 fully saturated rings. The van der Waals surface area contributed by atoms with Gasteiger partial charge in [-0.1, -0.05) is 23.5 Å². The molecule has 1 N–H and O–H groups in total. The van der Waals surface area contributed by atoms with E-state index < -0.39 is 10.8 Å². The fraction of sp³-hybridized carbons (Fsp3) is 0.200. The van der Waals surface area contributed by atoms with Crippen LogP contribution in [0.25, 0.3) is 32.7 Å². The van der Waals surface area contributed by atoms with Crippen LogP contribution in [0.2, 0.25) is 0 Å². The molecular formula is C30H27N5O8S. The molecule has 0 bridgehead atoms. The van der Waals surface area contributed by atoms with E-state index in [4.69, 9.17) is 18.9 Å². The second-order valence-corrected chi connectivity index (χ2v) is 10.5. The number of amides is 1. The number of carbonyl (C=O) groups is 2. The van der Waals surface area contributed by atoms with E-state index in [9.17, 15) is 19.7 Å². The third kappa shape index (κ3) is 6.01. The Morgan fingerprint density at radius 2 is 1.66 bits per heavy atom. The lowest BCUT2D eigenvalue weighted by atomic mass is 10.1. The number of hydrogen-bond acceptors (Lipinski definition) is 11. The van der Waals surface area contributed by atoms with Crippen LogP contribution in [-0.2, 0) is 4.79 Å². The first-order valence-electron chi connectivity index (χ1n) is 13.1. The Hall–Kier alpha value is -5.50. The molecule has 0 atom stereocenters. The number of nitrogens with zero attached hydrogens (tertiary/aromatic N) is 4. The topological polar surface area (TPSA) is 157 Å². The molecule has 0 radical (unpaired) electrons. The monoisotopic (exact) mass is 617 g/mol. The number of rotatable bonds is 10. The Morgan fingerprint density at radius 3 is 2.30 bits per heavy atom. The van der Waals surface area contributed by atoms with E-state index >= 15 is 0 Å². The molecule has 1 amide bonds. The number of nitro benzene ring substituents is 1. The van der Waals surface area contributed by atoms with E-state index in [1.54, 1.807) is 24.3 Å². The zero-order valence-corrected chi connectivity index (χ0v) is 25.2. The third-order valence-corrected chi connectivity index (χ3v) is 7.57. The zero-order valence-electron chi connectivity index (χ0n) is 24.4. The van der Waals surface area contributed by atoms with Crippen LogP contribution in [-0.4, -0.2) is 59.4 Å². The van der Waals surface area contributed by atoms with Crippen molar-refractivity contribution in [3.63, 3.8) is 0 Å². The summed E-state index contributed by atoms with van der Waals surface area (Å²) in [7, 11) is 4.55. The number of hydrogen-bond donors (Lipinski definition) is 1. The molecule has 0 saturated heterocycles. The predicted octanol–water partition coefficient (Wildman–Crippen LogP) is 5.75. The molecule has 0 unspecified atom stereocenters. The summed E-state index contributed by atoms with van der Waals surface area (Å²) >= 11 is 1.13. The van der Waals surface area contributed by atoms with Gasteiger partial charge in [0.1, 0.15) is 5.75 Å². The lowest BCUT2D eigenvalue weighted by Crippen LogP contribution is -2.20. The summed E-state index contributed by atoms with van der Waals surface area (Å²) in [6.07, 6.45) is 0. The Bertz CT molecular complexity index is 1890. The molecule has 2 heterocycles. The van der Waals surface area contributed by atoms with Crippen LogP contribution >= 0.6 is 11.3 Å². The van der Waals surface area contributed by atoms with Gasteiger partial charge in [-0.25, -0.2) is 4.98 Å². The molecule has 0 aliphatic rings. The van der Waals surface area contributed by atoms with Crippen LogP contribution in [0.5, 0.6) is 23.0 Å². The molecule has 5 aromatic rings. The molecule has 5 rings (SSSR count). The first-order chi connectivity index (χ1) is 21.1. The molecule has 226 valence electrons. The fourth-order valence-corrected chi connectivity index (χ4v) is 5.41. The van der Waals surface area contributed by atoms with Gasteiger partial charge in [-0.05, 0) is 42.8 Å². The van der Waals surface area contributed by atoms with Crippen LogP contribution < -0.4 is 24.3 Å². The van der Waals surface area contributed by atoms with Gasteiger partial charge in [0.25, 0.3) is 11.6 Å². The molecule has 13 nitrogen and oxygen atoms in total. The van der Waals surface area contributed by atoms with Gasteiger partial charge in [0.15, 0.2) is 23.2 Å². The highest BCUT2D eigenvalue weighted by Crippen LogP contribution is 2.41. The second kappa shape index (κ2) is 12.4. The Balaban J connectivity index is 1.38. The van der Waals surface area contributed by atoms with Gasteiger partial charge in [0, 0.05) is 30.2 Å². The van der Waals surface area contributed by atoms with Crippen molar-refractivity contribution >= 4 is 44.2 Å². The minimum Gasteiger partial charge on any atom is -0.493 e. The standard InChI is InChI=1S/C30H27N5O8S/c1-16-6-7-18(10-24(16)43-15-28(37)32-30-31-21-9-8-20(35(38)39)13-27(21)44-30)23-14-22(33-34(23)17(2)36)19-11-25(40-3)29(42-5)26(12-19)41-4/h6-14H,15H2,1-5H3,(H,31,32,37). The molecule has 2 aromatic heterocycles. The number of nitro groups is 1. The minimum atomic E-state index is -0.487. The summed E-state index contributed by atoms with van der Waals surface area (Å²) in [5, 5.41) is 18.6. The highest BCUT2D eigenvalue weighted by atomic mass is 32.1. The van der Waals surface area contributed by atoms with Gasteiger partial charge >= 0.3 is 0 Å². The lowest BCUT2D eigenvalue weighted by molar-refractivity contribution is -0.384. The lowest BCUT2D eigenvalue weighted by Gasteiger charge is -2.13. The number of ether oxygens (including phenoxy) is 4. The number of methoxy groups -OCH3 is 3. The number of benzene rings is 3. The summed E-state index contributed by atoms with van der Waals surface area (Å²) in [6.45, 7) is 2.93. The van der Waals surface area contributed by atoms with Crippen LogP contribution in [0, 0.1) is 17.0 Å². The number of carbonyl (C=O) groups excluding carboxylic acids is 2. The number of thiazole rings is 1. The predicted molar refractivity (Wildman–Crippen MR) is 164 cm³/mol. The average Bonchev–Trinajstić information content (AvgIpc) is 3.64. The average molecular weight is 618 g/mol. The molecule has 14 heteroatoms. The molecule has 44 heavy (non-hydrogen) atoms. The maximum atomic E-state index is 12.7. The van der Waals surface area contributed by atoms with Gasteiger partial charge in [-0.15, -0.1) is 0 Å². The summed E-state index contributed by atoms with van der Waals surface area (Å²) in [5.41, 5.74) is 3.54. The smallest absolute Gasteiger partial charge is 0.270 e. The summed E-state index contributed by atoms with van der Waals surface area (Å²) in [4.78, 5) is 40.2. The SMILES string of the molecule is COc1cc(-c2cc(-c3ccc(C)c(OCC(=O)Nc4nc5ccc([N+](=O)[O-])cc5s4)c3)n(C(C)=O)n2)cc(OC)c1OC. The van der Waals surface area contributed by atoms with Gasteiger partial charge in [0.05, 0.1) is 47.9 Å². The fourth-order valence-electron chi connectivity index (χ4n) is 4.49.